The lowest BCUT2D eigenvalue weighted by Crippen LogP contribution is -2.52. The van der Waals surface area contributed by atoms with Gasteiger partial charge in [-0.15, -0.1) is 0 Å². The fourth-order valence-electron chi connectivity index (χ4n) is 2.38. The monoisotopic (exact) mass is 284 g/mol. The van der Waals surface area contributed by atoms with Gasteiger partial charge >= 0.3 is 0 Å². The zero-order valence-electron chi connectivity index (χ0n) is 13.3. The van der Waals surface area contributed by atoms with Crippen molar-refractivity contribution in [1.82, 2.24) is 10.2 Å². The normalized spacial score (nSPS) is 19.4. The van der Waals surface area contributed by atoms with Crippen molar-refractivity contribution in [2.75, 3.05) is 13.1 Å². The average molecular weight is 284 g/mol. The molecule has 20 heavy (non-hydrogen) atoms. The molecular formula is C15H28N2O3. The molecule has 2 unspecified atom stereocenters. The standard InChI is InChI=1S/C15H28N2O3/c1-10(2)13(17-8-6-7-12(17)19)14(20)16-9-11(18)15(3,4)5/h10-11,13,18H,6-9H2,1-5H3,(H,16,20). The summed E-state index contributed by atoms with van der Waals surface area (Å²) in [6.07, 6.45) is 0.745. The SMILES string of the molecule is CC(C)C(C(=O)NCC(O)C(C)(C)C)N1CCCC1=O. The van der Waals surface area contributed by atoms with E-state index in [1.54, 1.807) is 4.90 Å². The number of likely N-dealkylation sites (tertiary alicyclic amines) is 1. The van der Waals surface area contributed by atoms with Crippen molar-refractivity contribution in [1.29, 1.82) is 0 Å². The highest BCUT2D eigenvalue weighted by atomic mass is 16.3. The van der Waals surface area contributed by atoms with Crippen LogP contribution >= 0.6 is 0 Å². The van der Waals surface area contributed by atoms with Crippen LogP contribution in [0.15, 0.2) is 0 Å². The second-order valence-corrected chi connectivity index (χ2v) is 7.01. The average Bonchev–Trinajstić information content (AvgIpc) is 2.71. The van der Waals surface area contributed by atoms with Crippen LogP contribution in [-0.4, -0.2) is 47.1 Å². The number of carbonyl (C=O) groups excluding carboxylic acids is 2. The Hall–Kier alpha value is -1.10. The van der Waals surface area contributed by atoms with E-state index in [9.17, 15) is 14.7 Å². The maximum Gasteiger partial charge on any atom is 0.243 e. The van der Waals surface area contributed by atoms with Gasteiger partial charge in [0, 0.05) is 19.5 Å². The van der Waals surface area contributed by atoms with Gasteiger partial charge in [-0.2, -0.15) is 0 Å². The summed E-state index contributed by atoms with van der Waals surface area (Å²) in [5.74, 6) is -0.0578. The molecule has 1 saturated heterocycles. The molecule has 2 amide bonds. The van der Waals surface area contributed by atoms with E-state index in [0.717, 1.165) is 6.42 Å². The van der Waals surface area contributed by atoms with Crippen LogP contribution in [0.25, 0.3) is 0 Å². The number of nitrogens with zero attached hydrogens (tertiary/aromatic N) is 1. The first-order chi connectivity index (χ1) is 9.14. The van der Waals surface area contributed by atoms with Crippen LogP contribution in [0.2, 0.25) is 0 Å². The van der Waals surface area contributed by atoms with E-state index < -0.39 is 12.1 Å². The van der Waals surface area contributed by atoms with Crippen LogP contribution in [-0.2, 0) is 9.59 Å². The lowest BCUT2D eigenvalue weighted by Gasteiger charge is -2.31. The summed E-state index contributed by atoms with van der Waals surface area (Å²) >= 11 is 0. The van der Waals surface area contributed by atoms with E-state index in [4.69, 9.17) is 0 Å². The van der Waals surface area contributed by atoms with Crippen LogP contribution in [0, 0.1) is 11.3 Å². The summed E-state index contributed by atoms with van der Waals surface area (Å²) in [5.41, 5.74) is -0.274. The lowest BCUT2D eigenvalue weighted by atomic mass is 9.89. The first-order valence-electron chi connectivity index (χ1n) is 7.40. The zero-order valence-corrected chi connectivity index (χ0v) is 13.3. The smallest absolute Gasteiger partial charge is 0.243 e. The lowest BCUT2D eigenvalue weighted by molar-refractivity contribution is -0.139. The highest BCUT2D eigenvalue weighted by Crippen LogP contribution is 2.20. The van der Waals surface area contributed by atoms with E-state index in [1.807, 2.05) is 34.6 Å². The van der Waals surface area contributed by atoms with E-state index in [2.05, 4.69) is 5.32 Å². The van der Waals surface area contributed by atoms with Crippen LogP contribution in [0.1, 0.15) is 47.5 Å². The summed E-state index contributed by atoms with van der Waals surface area (Å²) in [6, 6.07) is -0.433. The molecule has 0 spiro atoms. The molecule has 5 nitrogen and oxygen atoms in total. The number of hydrogen-bond acceptors (Lipinski definition) is 3. The molecule has 1 aliphatic heterocycles. The molecule has 1 heterocycles. The van der Waals surface area contributed by atoms with Crippen molar-refractivity contribution < 1.29 is 14.7 Å². The van der Waals surface area contributed by atoms with Gasteiger partial charge in [0.15, 0.2) is 0 Å². The van der Waals surface area contributed by atoms with Gasteiger partial charge in [-0.25, -0.2) is 0 Å². The highest BCUT2D eigenvalue weighted by Gasteiger charge is 2.35. The minimum atomic E-state index is -0.603. The Morgan fingerprint density at radius 2 is 2.00 bits per heavy atom. The Labute approximate surface area is 121 Å². The number of aliphatic hydroxyl groups excluding tert-OH is 1. The third-order valence-corrected chi connectivity index (χ3v) is 3.82. The topological polar surface area (TPSA) is 69.6 Å². The molecule has 0 radical (unpaired) electrons. The maximum absolute atomic E-state index is 12.3. The zero-order chi connectivity index (χ0) is 15.5. The predicted molar refractivity (Wildman–Crippen MR) is 78.0 cm³/mol. The molecule has 1 rings (SSSR count). The molecule has 1 aliphatic rings. The highest BCUT2D eigenvalue weighted by molar-refractivity contribution is 5.88. The molecular weight excluding hydrogens is 256 g/mol. The molecule has 0 aliphatic carbocycles. The number of nitrogens with one attached hydrogen (secondary N) is 1. The Morgan fingerprint density at radius 3 is 2.40 bits per heavy atom. The fourth-order valence-corrected chi connectivity index (χ4v) is 2.38. The summed E-state index contributed by atoms with van der Waals surface area (Å²) < 4.78 is 0. The van der Waals surface area contributed by atoms with Crippen molar-refractivity contribution in [3.63, 3.8) is 0 Å². The molecule has 116 valence electrons. The summed E-state index contributed by atoms with van der Waals surface area (Å²) in [6.45, 7) is 10.5. The predicted octanol–water partition coefficient (Wildman–Crippen LogP) is 1.16. The summed E-state index contributed by atoms with van der Waals surface area (Å²) in [7, 11) is 0. The molecule has 1 fully saturated rings. The Bertz CT molecular complexity index is 361. The van der Waals surface area contributed by atoms with Crippen LogP contribution < -0.4 is 5.32 Å². The number of amides is 2. The number of carbonyl (C=O) groups is 2. The minimum absolute atomic E-state index is 0.0511. The molecule has 0 aromatic heterocycles. The molecule has 0 saturated carbocycles. The van der Waals surface area contributed by atoms with Crippen molar-refractivity contribution in [3.8, 4) is 0 Å². The second-order valence-electron chi connectivity index (χ2n) is 7.01. The Morgan fingerprint density at radius 1 is 1.40 bits per heavy atom. The van der Waals surface area contributed by atoms with E-state index >= 15 is 0 Å². The summed E-state index contributed by atoms with van der Waals surface area (Å²) in [4.78, 5) is 25.8. The number of rotatable bonds is 5. The number of hydrogen-bond donors (Lipinski definition) is 2. The molecule has 2 N–H and O–H groups in total. The largest absolute Gasteiger partial charge is 0.391 e. The van der Waals surface area contributed by atoms with Crippen molar-refractivity contribution >= 4 is 11.8 Å². The first-order valence-corrected chi connectivity index (χ1v) is 7.40. The number of aliphatic hydroxyl groups is 1. The quantitative estimate of drug-likeness (QED) is 0.796. The van der Waals surface area contributed by atoms with Crippen LogP contribution in [0.5, 0.6) is 0 Å². The van der Waals surface area contributed by atoms with E-state index in [-0.39, 0.29) is 29.7 Å². The summed E-state index contributed by atoms with van der Waals surface area (Å²) in [5, 5.41) is 12.8. The van der Waals surface area contributed by atoms with Gasteiger partial charge in [0.1, 0.15) is 6.04 Å². The Kier molecular flexibility index (Phi) is 5.57. The van der Waals surface area contributed by atoms with Gasteiger partial charge in [0.05, 0.1) is 6.10 Å². The third-order valence-electron chi connectivity index (χ3n) is 3.82. The molecule has 2 atom stereocenters. The second kappa shape index (κ2) is 6.57. The van der Waals surface area contributed by atoms with Gasteiger partial charge in [0.25, 0.3) is 0 Å². The fraction of sp³-hybridized carbons (Fsp3) is 0.867. The van der Waals surface area contributed by atoms with E-state index in [0.29, 0.717) is 13.0 Å². The Balaban J connectivity index is 2.64. The molecule has 0 bridgehead atoms. The van der Waals surface area contributed by atoms with Gasteiger partial charge in [-0.3, -0.25) is 9.59 Å². The van der Waals surface area contributed by atoms with Gasteiger partial charge in [0.2, 0.25) is 11.8 Å². The van der Waals surface area contributed by atoms with Crippen molar-refractivity contribution in [3.05, 3.63) is 0 Å². The van der Waals surface area contributed by atoms with E-state index in [1.165, 1.54) is 0 Å². The van der Waals surface area contributed by atoms with Crippen LogP contribution in [0.3, 0.4) is 0 Å². The first kappa shape index (κ1) is 17.0. The molecule has 0 aromatic rings. The van der Waals surface area contributed by atoms with Gasteiger partial charge in [-0.1, -0.05) is 34.6 Å². The molecule has 0 aromatic carbocycles. The van der Waals surface area contributed by atoms with Gasteiger partial charge in [-0.05, 0) is 17.8 Å². The minimum Gasteiger partial charge on any atom is -0.391 e. The van der Waals surface area contributed by atoms with Crippen molar-refractivity contribution in [2.45, 2.75) is 59.6 Å². The molecule has 5 heteroatoms. The maximum atomic E-state index is 12.3. The van der Waals surface area contributed by atoms with Crippen LogP contribution in [0.4, 0.5) is 0 Å². The third kappa shape index (κ3) is 4.20. The van der Waals surface area contributed by atoms with Gasteiger partial charge < -0.3 is 15.3 Å². The van der Waals surface area contributed by atoms with Crippen molar-refractivity contribution in [2.24, 2.45) is 11.3 Å².